The maximum absolute atomic E-state index is 12.6. The highest BCUT2D eigenvalue weighted by atomic mass is 79.9. The summed E-state index contributed by atoms with van der Waals surface area (Å²) in [5, 5.41) is 0. The summed E-state index contributed by atoms with van der Waals surface area (Å²) in [4.78, 5) is 24.5. The second-order valence-corrected chi connectivity index (χ2v) is 6.86. The minimum atomic E-state index is -0.182. The van der Waals surface area contributed by atoms with Crippen LogP contribution in [0, 0.1) is 0 Å². The normalized spacial score (nSPS) is 11.9. The Balaban J connectivity index is 1.68. The van der Waals surface area contributed by atoms with Crippen LogP contribution in [0.1, 0.15) is 21.5 Å². The van der Waals surface area contributed by atoms with E-state index in [1.54, 1.807) is 12.3 Å². The molecule has 1 heterocycles. The molecule has 0 bridgehead atoms. The quantitative estimate of drug-likeness (QED) is 0.503. The van der Waals surface area contributed by atoms with E-state index in [1.807, 2.05) is 30.3 Å². The first-order valence-electron chi connectivity index (χ1n) is 7.72. The van der Waals surface area contributed by atoms with Gasteiger partial charge in [-0.05, 0) is 56.7 Å². The number of pyridine rings is 1. The fourth-order valence-corrected chi connectivity index (χ4v) is 3.55. The molecule has 1 aliphatic rings. The summed E-state index contributed by atoms with van der Waals surface area (Å²) in [6.45, 7) is 0.0404. The Morgan fingerprint density at radius 1 is 1.00 bits per heavy atom. The van der Waals surface area contributed by atoms with Gasteiger partial charge in [0, 0.05) is 22.3 Å². The first kappa shape index (κ1) is 15.1. The van der Waals surface area contributed by atoms with Gasteiger partial charge >= 0.3 is 0 Å². The first-order valence-corrected chi connectivity index (χ1v) is 8.51. The molecule has 4 heteroatoms. The zero-order chi connectivity index (χ0) is 16.7. The molecular weight excluding hydrogens is 366 g/mol. The van der Waals surface area contributed by atoms with Crippen LogP contribution in [-0.4, -0.2) is 10.4 Å². The lowest BCUT2D eigenvalue weighted by atomic mass is 10.0. The summed E-state index contributed by atoms with van der Waals surface area (Å²) in [5.41, 5.74) is 5.31. The Labute approximate surface area is 147 Å². The minimum absolute atomic E-state index is 0.0404. The summed E-state index contributed by atoms with van der Waals surface area (Å²) >= 11 is 3.33. The maximum Gasteiger partial charge on any atom is 0.251 e. The molecule has 0 atom stereocenters. The third-order valence-electron chi connectivity index (χ3n) is 4.38. The molecule has 0 amide bonds. The van der Waals surface area contributed by atoms with Gasteiger partial charge in [0.2, 0.25) is 0 Å². The minimum Gasteiger partial charge on any atom is -0.307 e. The van der Waals surface area contributed by atoms with Crippen LogP contribution in [0.15, 0.2) is 70.1 Å². The highest BCUT2D eigenvalue weighted by molar-refractivity contribution is 9.10. The van der Waals surface area contributed by atoms with Gasteiger partial charge < -0.3 is 4.57 Å². The standard InChI is InChI=1S/C20H14BrNO2/c21-16-7-8-20(24)22(11-16)12-19(23)15-6-5-14-9-13-3-1-2-4-17(13)18(14)10-15/h1-8,10-11H,9,12H2. The zero-order valence-corrected chi connectivity index (χ0v) is 14.4. The number of nitrogens with zero attached hydrogens (tertiary/aromatic N) is 1. The van der Waals surface area contributed by atoms with Crippen LogP contribution in [0.25, 0.3) is 11.1 Å². The molecule has 0 radical (unpaired) electrons. The van der Waals surface area contributed by atoms with Crippen LogP contribution < -0.4 is 5.56 Å². The maximum atomic E-state index is 12.6. The lowest BCUT2D eigenvalue weighted by Gasteiger charge is -2.08. The molecule has 0 spiro atoms. The van der Waals surface area contributed by atoms with Crippen LogP contribution in [0.5, 0.6) is 0 Å². The summed E-state index contributed by atoms with van der Waals surface area (Å²) in [7, 11) is 0. The predicted octanol–water partition coefficient (Wildman–Crippen LogP) is 4.06. The lowest BCUT2D eigenvalue weighted by molar-refractivity contribution is 0.0971. The van der Waals surface area contributed by atoms with Gasteiger partial charge in [0.1, 0.15) is 0 Å². The molecule has 0 fully saturated rings. The Kier molecular flexibility index (Phi) is 3.69. The van der Waals surface area contributed by atoms with Crippen molar-refractivity contribution >= 4 is 21.7 Å². The number of Topliss-reactive ketones (excluding diaryl/α,β-unsaturated/α-hetero) is 1. The van der Waals surface area contributed by atoms with Crippen molar-refractivity contribution in [1.82, 2.24) is 4.57 Å². The largest absolute Gasteiger partial charge is 0.307 e. The number of carbonyl (C=O) groups excluding carboxylic acids is 1. The molecule has 24 heavy (non-hydrogen) atoms. The van der Waals surface area contributed by atoms with Crippen LogP contribution in [-0.2, 0) is 13.0 Å². The number of carbonyl (C=O) groups is 1. The fourth-order valence-electron chi connectivity index (χ4n) is 3.17. The van der Waals surface area contributed by atoms with Gasteiger partial charge in [-0.2, -0.15) is 0 Å². The number of fused-ring (bicyclic) bond motifs is 3. The van der Waals surface area contributed by atoms with E-state index in [0.29, 0.717) is 5.56 Å². The van der Waals surface area contributed by atoms with E-state index in [0.717, 1.165) is 16.5 Å². The van der Waals surface area contributed by atoms with Crippen molar-refractivity contribution in [2.75, 3.05) is 0 Å². The molecule has 3 nitrogen and oxygen atoms in total. The number of benzene rings is 2. The SMILES string of the molecule is O=C(Cn1cc(Br)ccc1=O)c1ccc2c(c1)-c1ccccc1C2. The Morgan fingerprint density at radius 2 is 1.79 bits per heavy atom. The van der Waals surface area contributed by atoms with Gasteiger partial charge in [0.25, 0.3) is 5.56 Å². The second-order valence-electron chi connectivity index (χ2n) is 5.94. The number of aromatic nitrogens is 1. The summed E-state index contributed by atoms with van der Waals surface area (Å²) < 4.78 is 2.20. The average molecular weight is 380 g/mol. The summed E-state index contributed by atoms with van der Waals surface area (Å²) in [6, 6.07) is 17.2. The number of halogens is 1. The molecule has 118 valence electrons. The van der Waals surface area contributed by atoms with Gasteiger partial charge in [-0.3, -0.25) is 9.59 Å². The van der Waals surface area contributed by atoms with Crippen LogP contribution in [0.4, 0.5) is 0 Å². The van der Waals surface area contributed by atoms with Gasteiger partial charge in [-0.25, -0.2) is 0 Å². The van der Waals surface area contributed by atoms with Crippen molar-refractivity contribution in [2.24, 2.45) is 0 Å². The second kappa shape index (κ2) is 5.87. The molecule has 0 saturated carbocycles. The molecule has 0 saturated heterocycles. The van der Waals surface area contributed by atoms with Gasteiger partial charge in [0.15, 0.2) is 5.78 Å². The molecular formula is C20H14BrNO2. The number of hydrogen-bond donors (Lipinski definition) is 0. The lowest BCUT2D eigenvalue weighted by Crippen LogP contribution is -2.23. The van der Waals surface area contributed by atoms with Crippen LogP contribution >= 0.6 is 15.9 Å². The van der Waals surface area contributed by atoms with Crippen molar-refractivity contribution < 1.29 is 4.79 Å². The van der Waals surface area contributed by atoms with E-state index in [1.165, 1.54) is 27.3 Å². The molecule has 0 aliphatic heterocycles. The average Bonchev–Trinajstić information content (AvgIpc) is 2.96. The van der Waals surface area contributed by atoms with E-state index in [-0.39, 0.29) is 17.9 Å². The van der Waals surface area contributed by atoms with Crippen molar-refractivity contribution in [3.8, 4) is 11.1 Å². The molecule has 2 aromatic carbocycles. The predicted molar refractivity (Wildman–Crippen MR) is 97.4 cm³/mol. The highest BCUT2D eigenvalue weighted by Gasteiger charge is 2.19. The van der Waals surface area contributed by atoms with Gasteiger partial charge in [-0.15, -0.1) is 0 Å². The molecule has 3 aromatic rings. The summed E-state index contributed by atoms with van der Waals surface area (Å²) in [5.74, 6) is -0.0672. The molecule has 0 unspecified atom stereocenters. The molecule has 0 N–H and O–H groups in total. The van der Waals surface area contributed by atoms with Crippen molar-refractivity contribution in [2.45, 2.75) is 13.0 Å². The third kappa shape index (κ3) is 2.63. The zero-order valence-electron chi connectivity index (χ0n) is 12.8. The van der Waals surface area contributed by atoms with Gasteiger partial charge in [0.05, 0.1) is 6.54 Å². The highest BCUT2D eigenvalue weighted by Crippen LogP contribution is 2.36. The van der Waals surface area contributed by atoms with Crippen LogP contribution in [0.2, 0.25) is 0 Å². The van der Waals surface area contributed by atoms with Crippen LogP contribution in [0.3, 0.4) is 0 Å². The third-order valence-corrected chi connectivity index (χ3v) is 4.85. The first-order chi connectivity index (χ1) is 11.6. The van der Waals surface area contributed by atoms with Crippen molar-refractivity contribution in [3.05, 3.63) is 92.3 Å². The van der Waals surface area contributed by atoms with E-state index in [4.69, 9.17) is 0 Å². The van der Waals surface area contributed by atoms with E-state index in [9.17, 15) is 9.59 Å². The Morgan fingerprint density at radius 3 is 2.67 bits per heavy atom. The smallest absolute Gasteiger partial charge is 0.251 e. The molecule has 4 rings (SSSR count). The Bertz CT molecular complexity index is 1020. The number of rotatable bonds is 3. The number of ketones is 1. The molecule has 1 aromatic heterocycles. The fraction of sp³-hybridized carbons (Fsp3) is 0.100. The number of hydrogen-bond acceptors (Lipinski definition) is 2. The van der Waals surface area contributed by atoms with Gasteiger partial charge in [-0.1, -0.05) is 36.4 Å². The van der Waals surface area contributed by atoms with Crippen molar-refractivity contribution in [1.29, 1.82) is 0 Å². The monoisotopic (exact) mass is 379 g/mol. The van der Waals surface area contributed by atoms with Crippen molar-refractivity contribution in [3.63, 3.8) is 0 Å². The van der Waals surface area contributed by atoms with E-state index >= 15 is 0 Å². The Hall–Kier alpha value is -2.46. The van der Waals surface area contributed by atoms with E-state index < -0.39 is 0 Å². The van der Waals surface area contributed by atoms with E-state index in [2.05, 4.69) is 28.1 Å². The topological polar surface area (TPSA) is 39.1 Å². The summed E-state index contributed by atoms with van der Waals surface area (Å²) in [6.07, 6.45) is 2.55. The molecule has 1 aliphatic carbocycles.